The molecule has 1 N–H and O–H groups in total. The Morgan fingerprint density at radius 2 is 2.00 bits per heavy atom. The van der Waals surface area contributed by atoms with Gasteiger partial charge in [-0.2, -0.15) is 0 Å². The normalized spacial score (nSPS) is 13.6. The van der Waals surface area contributed by atoms with Gasteiger partial charge in [0, 0.05) is 18.7 Å². The average molecular weight is 271 g/mol. The van der Waals surface area contributed by atoms with E-state index in [4.69, 9.17) is 4.74 Å². The zero-order valence-electron chi connectivity index (χ0n) is 12.1. The summed E-state index contributed by atoms with van der Waals surface area (Å²) >= 11 is 0. The summed E-state index contributed by atoms with van der Waals surface area (Å²) in [6, 6.07) is 4.11. The Labute approximate surface area is 114 Å². The van der Waals surface area contributed by atoms with E-state index in [0.717, 1.165) is 12.5 Å². The summed E-state index contributed by atoms with van der Waals surface area (Å²) < 4.78 is 32.5. The monoisotopic (exact) mass is 271 g/mol. The molecule has 4 heteroatoms. The standard InChI is InChI=1S/C15H23F2NO/c1-5-18-13(9-10-15(2,3)19-4)11-7-6-8-12(16)14(11)17/h6-8,13,18H,5,9-10H2,1-4H3. The van der Waals surface area contributed by atoms with Crippen LogP contribution in [0.1, 0.15) is 45.2 Å². The molecule has 1 atom stereocenters. The first-order valence-electron chi connectivity index (χ1n) is 6.63. The van der Waals surface area contributed by atoms with Crippen molar-refractivity contribution >= 4 is 0 Å². The van der Waals surface area contributed by atoms with Gasteiger partial charge < -0.3 is 10.1 Å². The molecule has 0 amide bonds. The molecule has 1 aromatic carbocycles. The Balaban J connectivity index is 2.85. The number of hydrogen-bond acceptors (Lipinski definition) is 2. The third-order valence-electron chi connectivity index (χ3n) is 3.40. The molecule has 0 aromatic heterocycles. The summed E-state index contributed by atoms with van der Waals surface area (Å²) in [5, 5.41) is 3.20. The van der Waals surface area contributed by atoms with Crippen molar-refractivity contribution in [2.75, 3.05) is 13.7 Å². The lowest BCUT2D eigenvalue weighted by molar-refractivity contribution is 0.0116. The predicted octanol–water partition coefficient (Wildman–Crippen LogP) is 3.82. The Morgan fingerprint density at radius 3 is 2.58 bits per heavy atom. The van der Waals surface area contributed by atoms with Gasteiger partial charge in [0.25, 0.3) is 0 Å². The number of benzene rings is 1. The van der Waals surface area contributed by atoms with Crippen molar-refractivity contribution in [3.8, 4) is 0 Å². The summed E-state index contributed by atoms with van der Waals surface area (Å²) in [5.41, 5.74) is 0.117. The number of ether oxygens (including phenoxy) is 1. The molecule has 0 aliphatic carbocycles. The maximum atomic E-state index is 13.8. The maximum Gasteiger partial charge on any atom is 0.163 e. The van der Waals surface area contributed by atoms with Crippen LogP contribution in [0, 0.1) is 11.6 Å². The quantitative estimate of drug-likeness (QED) is 0.814. The number of nitrogens with one attached hydrogen (secondary N) is 1. The van der Waals surface area contributed by atoms with E-state index in [1.807, 2.05) is 20.8 Å². The average Bonchev–Trinajstić information content (AvgIpc) is 2.38. The van der Waals surface area contributed by atoms with Crippen molar-refractivity contribution in [1.29, 1.82) is 0 Å². The van der Waals surface area contributed by atoms with Crippen LogP contribution in [-0.2, 0) is 4.74 Å². The molecule has 0 heterocycles. The minimum absolute atomic E-state index is 0.199. The Morgan fingerprint density at radius 1 is 1.32 bits per heavy atom. The van der Waals surface area contributed by atoms with Crippen LogP contribution in [0.4, 0.5) is 8.78 Å². The smallest absolute Gasteiger partial charge is 0.163 e. The van der Waals surface area contributed by atoms with Crippen LogP contribution in [0.3, 0.4) is 0 Å². The Kier molecular flexibility index (Phi) is 5.88. The first-order valence-corrected chi connectivity index (χ1v) is 6.63. The minimum Gasteiger partial charge on any atom is -0.379 e. The zero-order valence-corrected chi connectivity index (χ0v) is 12.1. The molecule has 19 heavy (non-hydrogen) atoms. The largest absolute Gasteiger partial charge is 0.379 e. The van der Waals surface area contributed by atoms with E-state index >= 15 is 0 Å². The van der Waals surface area contributed by atoms with E-state index in [0.29, 0.717) is 18.5 Å². The van der Waals surface area contributed by atoms with Crippen LogP contribution < -0.4 is 5.32 Å². The van der Waals surface area contributed by atoms with Gasteiger partial charge in [-0.25, -0.2) is 8.78 Å². The van der Waals surface area contributed by atoms with Crippen molar-refractivity contribution in [1.82, 2.24) is 5.32 Å². The Hall–Kier alpha value is -1.00. The lowest BCUT2D eigenvalue weighted by Gasteiger charge is -2.26. The fourth-order valence-corrected chi connectivity index (χ4v) is 2.00. The second-order valence-corrected chi connectivity index (χ2v) is 5.26. The summed E-state index contributed by atoms with van der Waals surface area (Å²) in [5.74, 6) is -1.56. The fourth-order valence-electron chi connectivity index (χ4n) is 2.00. The predicted molar refractivity (Wildman–Crippen MR) is 73.1 cm³/mol. The number of methoxy groups -OCH3 is 1. The maximum absolute atomic E-state index is 13.8. The van der Waals surface area contributed by atoms with Crippen LogP contribution in [0.25, 0.3) is 0 Å². The molecule has 0 fully saturated rings. The summed E-state index contributed by atoms with van der Waals surface area (Å²) in [6.07, 6.45) is 1.45. The fraction of sp³-hybridized carbons (Fsp3) is 0.600. The van der Waals surface area contributed by atoms with Gasteiger partial charge in [-0.3, -0.25) is 0 Å². The highest BCUT2D eigenvalue weighted by atomic mass is 19.2. The molecule has 0 saturated heterocycles. The molecular formula is C15H23F2NO. The van der Waals surface area contributed by atoms with Gasteiger partial charge in [0.1, 0.15) is 0 Å². The third-order valence-corrected chi connectivity index (χ3v) is 3.40. The summed E-state index contributed by atoms with van der Waals surface area (Å²) in [4.78, 5) is 0. The van der Waals surface area contributed by atoms with Gasteiger partial charge in [0.15, 0.2) is 11.6 Å². The van der Waals surface area contributed by atoms with Crippen LogP contribution in [0.2, 0.25) is 0 Å². The van der Waals surface area contributed by atoms with Crippen molar-refractivity contribution in [3.05, 3.63) is 35.4 Å². The number of hydrogen-bond donors (Lipinski definition) is 1. The first kappa shape index (κ1) is 16.1. The molecule has 0 aliphatic heterocycles. The molecular weight excluding hydrogens is 248 g/mol. The second kappa shape index (κ2) is 6.96. The lowest BCUT2D eigenvalue weighted by Crippen LogP contribution is -2.28. The molecule has 1 rings (SSSR count). The molecule has 0 bridgehead atoms. The van der Waals surface area contributed by atoms with Gasteiger partial charge in [-0.05, 0) is 39.3 Å². The van der Waals surface area contributed by atoms with E-state index < -0.39 is 11.6 Å². The molecule has 1 aromatic rings. The number of halogens is 2. The van der Waals surface area contributed by atoms with Gasteiger partial charge in [0.05, 0.1) is 5.60 Å². The zero-order chi connectivity index (χ0) is 14.5. The van der Waals surface area contributed by atoms with Gasteiger partial charge in [-0.1, -0.05) is 19.1 Å². The van der Waals surface area contributed by atoms with Crippen LogP contribution in [-0.4, -0.2) is 19.3 Å². The topological polar surface area (TPSA) is 21.3 Å². The molecule has 0 saturated carbocycles. The van der Waals surface area contributed by atoms with Crippen LogP contribution >= 0.6 is 0 Å². The molecule has 0 spiro atoms. The van der Waals surface area contributed by atoms with Crippen LogP contribution in [0.15, 0.2) is 18.2 Å². The van der Waals surface area contributed by atoms with Gasteiger partial charge in [0.2, 0.25) is 0 Å². The molecule has 0 aliphatic rings. The van der Waals surface area contributed by atoms with E-state index in [1.165, 1.54) is 0 Å². The molecule has 1 unspecified atom stereocenters. The highest BCUT2D eigenvalue weighted by Gasteiger charge is 2.22. The highest BCUT2D eigenvalue weighted by Crippen LogP contribution is 2.27. The molecule has 108 valence electrons. The van der Waals surface area contributed by atoms with Crippen molar-refractivity contribution in [2.45, 2.75) is 45.3 Å². The lowest BCUT2D eigenvalue weighted by atomic mass is 9.94. The van der Waals surface area contributed by atoms with Crippen molar-refractivity contribution in [2.24, 2.45) is 0 Å². The molecule has 0 radical (unpaired) electrons. The van der Waals surface area contributed by atoms with E-state index in [-0.39, 0.29) is 11.6 Å². The minimum atomic E-state index is -0.800. The third kappa shape index (κ3) is 4.55. The van der Waals surface area contributed by atoms with Gasteiger partial charge in [-0.15, -0.1) is 0 Å². The van der Waals surface area contributed by atoms with Crippen molar-refractivity contribution in [3.63, 3.8) is 0 Å². The first-order chi connectivity index (χ1) is 8.91. The van der Waals surface area contributed by atoms with E-state index in [2.05, 4.69) is 5.32 Å². The summed E-state index contributed by atoms with van der Waals surface area (Å²) in [6.45, 7) is 6.62. The SMILES string of the molecule is CCNC(CCC(C)(C)OC)c1cccc(F)c1F. The van der Waals surface area contributed by atoms with Crippen LogP contribution in [0.5, 0.6) is 0 Å². The summed E-state index contributed by atoms with van der Waals surface area (Å²) in [7, 11) is 1.66. The molecule has 2 nitrogen and oxygen atoms in total. The van der Waals surface area contributed by atoms with E-state index in [9.17, 15) is 8.78 Å². The highest BCUT2D eigenvalue weighted by molar-refractivity contribution is 5.22. The van der Waals surface area contributed by atoms with E-state index in [1.54, 1.807) is 19.2 Å². The van der Waals surface area contributed by atoms with Gasteiger partial charge >= 0.3 is 0 Å². The van der Waals surface area contributed by atoms with Crippen molar-refractivity contribution < 1.29 is 13.5 Å². The Bertz CT molecular complexity index is 407. The number of rotatable bonds is 7. The second-order valence-electron chi connectivity index (χ2n) is 5.26.